The van der Waals surface area contributed by atoms with Crippen LogP contribution in [0.2, 0.25) is 10.0 Å². The maximum Gasteiger partial charge on any atom is 0.264 e. The van der Waals surface area contributed by atoms with Crippen LogP contribution >= 0.6 is 23.2 Å². The molecule has 0 radical (unpaired) electrons. The van der Waals surface area contributed by atoms with Crippen molar-refractivity contribution in [2.24, 2.45) is 23.7 Å². The van der Waals surface area contributed by atoms with Gasteiger partial charge in [0.1, 0.15) is 11.5 Å². The highest BCUT2D eigenvalue weighted by atomic mass is 35.5. The van der Waals surface area contributed by atoms with E-state index in [-0.39, 0.29) is 58.5 Å². The van der Waals surface area contributed by atoms with Gasteiger partial charge in [-0.3, -0.25) is 19.2 Å². The normalized spacial score (nSPS) is 23.4. The van der Waals surface area contributed by atoms with E-state index in [0.29, 0.717) is 85.2 Å². The molecular formula is C70H88Cl2N6O12S2. The van der Waals surface area contributed by atoms with Crippen molar-refractivity contribution in [1.82, 2.24) is 19.2 Å². The van der Waals surface area contributed by atoms with Gasteiger partial charge < -0.3 is 39.3 Å². The third-order valence-corrected chi connectivity index (χ3v) is 23.5. The van der Waals surface area contributed by atoms with Crippen molar-refractivity contribution in [3.8, 4) is 11.5 Å². The molecule has 18 nitrogen and oxygen atoms in total. The molecular weight excluding hydrogens is 1250 g/mol. The lowest BCUT2D eigenvalue weighted by Gasteiger charge is -2.45. The molecule has 10 atom stereocenters. The lowest BCUT2D eigenvalue weighted by atomic mass is 9.68. The van der Waals surface area contributed by atoms with Crippen molar-refractivity contribution in [1.29, 1.82) is 0 Å². The molecule has 0 aromatic heterocycles. The number of carbonyl (C=O) groups excluding carboxylic acids is 4. The molecule has 0 saturated heterocycles. The summed E-state index contributed by atoms with van der Waals surface area (Å²) in [5, 5.41) is 19.7. The summed E-state index contributed by atoms with van der Waals surface area (Å²) in [6.45, 7) is 18.2. The zero-order chi connectivity index (χ0) is 66.5. The Morgan fingerprint density at radius 3 is 1.34 bits per heavy atom. The zero-order valence-corrected chi connectivity index (χ0v) is 56.3. The molecule has 2 aliphatic heterocycles. The number of sulfonamides is 2. The first-order valence-corrected chi connectivity index (χ1v) is 35.6. The Hall–Kier alpha value is -6.68. The van der Waals surface area contributed by atoms with E-state index >= 15 is 0 Å². The topological polar surface area (TPSA) is 232 Å². The average molecular weight is 1340 g/mol. The molecule has 0 unspecified atom stereocenters. The van der Waals surface area contributed by atoms with E-state index in [4.69, 9.17) is 32.7 Å². The lowest BCUT2D eigenvalue weighted by Crippen LogP contribution is -2.49. The number of nitrogens with one attached hydrogen (secondary N) is 2. The van der Waals surface area contributed by atoms with Crippen LogP contribution in [0.15, 0.2) is 123 Å². The van der Waals surface area contributed by atoms with Gasteiger partial charge in [-0.05, 0) is 196 Å². The summed E-state index contributed by atoms with van der Waals surface area (Å²) in [5.41, 5.74) is 5.82. The number of carbonyl (C=O) groups is 4. The van der Waals surface area contributed by atoms with Crippen LogP contribution in [0, 0.1) is 23.7 Å². The summed E-state index contributed by atoms with van der Waals surface area (Å²) in [4.78, 5) is 59.5. The Kier molecular flexibility index (Phi) is 22.2. The third kappa shape index (κ3) is 15.1. The van der Waals surface area contributed by atoms with Crippen molar-refractivity contribution < 1.29 is 55.7 Å². The van der Waals surface area contributed by atoms with E-state index < -0.39 is 66.4 Å². The van der Waals surface area contributed by atoms with Gasteiger partial charge in [-0.1, -0.05) is 59.6 Å². The number of aryl methyl sites for hydroxylation is 2. The minimum atomic E-state index is -4.35. The fourth-order valence-corrected chi connectivity index (χ4v) is 17.7. The Balaban J connectivity index is 0.000000217. The van der Waals surface area contributed by atoms with Crippen molar-refractivity contribution in [3.05, 3.63) is 167 Å². The second kappa shape index (κ2) is 29.3. The molecule has 4 aromatic carbocycles. The summed E-state index contributed by atoms with van der Waals surface area (Å²) in [7, 11) is -2.78. The minimum Gasteiger partial charge on any atom is -0.490 e. The van der Waals surface area contributed by atoms with Crippen LogP contribution in [0.4, 0.5) is 11.4 Å². The molecule has 10 rings (SSSR count). The number of anilines is 2. The maximum absolute atomic E-state index is 13.5. The number of rotatable bonds is 22. The SMILES string of the molecule is C=CCC[C@@H](C(=O)N(C)C)S(=O)(=O)NC(=O)c1ccc2c(c1)N(C[C@@H]1CC[C@H]1[C@@H](O)C=C)C[C@@]1(CCCc3cc(Cl)ccc31)CO2.C=CCC[C@H](C(=O)N(C)C)S(=O)(=O)NC(=O)c1ccc2c(c1)N(C[C@@H]1CC[C@H]1[C@@H](O)C=C)C[C@@]1(CCCc3cc(Cl)ccc31)CO2. The van der Waals surface area contributed by atoms with Crippen molar-refractivity contribution in [2.45, 2.75) is 123 Å². The molecule has 22 heteroatoms. The lowest BCUT2D eigenvalue weighted by molar-refractivity contribution is -0.129. The summed E-state index contributed by atoms with van der Waals surface area (Å²) in [5.74, 6) is -1.10. The Morgan fingerprint density at radius 2 is 1.00 bits per heavy atom. The Bertz CT molecular complexity index is 3460. The standard InChI is InChI=1S/2C35H44ClN3O6S/c2*1-5-7-10-32(34(42)38(3)4)46(43,44)37-33(41)24-12-16-31-29(19-24)39(20-25-11-14-27(25)30(40)6-2)21-35(22-45-31)17-8-9-23-18-26(36)13-15-28(23)35/h2*5-6,12-13,15-16,18-19,25,27,30,32,40H,1-2,7-11,14,17,20-22H2,3-4H3,(H,37,41)/t25-,27+,30-,32+,35-;25-,27+,30-,32-,35-/m00/s1. The van der Waals surface area contributed by atoms with Crippen LogP contribution in [-0.2, 0) is 53.3 Å². The molecule has 6 aliphatic rings. The summed E-state index contributed by atoms with van der Waals surface area (Å²) in [6.07, 6.45) is 15.0. The highest BCUT2D eigenvalue weighted by Gasteiger charge is 2.47. The molecule has 2 saturated carbocycles. The molecule has 4 amide bonds. The molecule has 496 valence electrons. The molecule has 0 bridgehead atoms. The Morgan fingerprint density at radius 1 is 0.609 bits per heavy atom. The number of halogens is 2. The fourth-order valence-electron chi connectivity index (χ4n) is 14.4. The van der Waals surface area contributed by atoms with Crippen LogP contribution in [-0.4, -0.2) is 151 Å². The Labute approximate surface area is 552 Å². The molecule has 4 N–H and O–H groups in total. The number of hydrogen-bond acceptors (Lipinski definition) is 14. The minimum absolute atomic E-state index is 0.00279. The van der Waals surface area contributed by atoms with E-state index in [9.17, 15) is 46.2 Å². The number of ether oxygens (including phenoxy) is 2. The number of benzene rings is 4. The van der Waals surface area contributed by atoms with Gasteiger partial charge in [0.25, 0.3) is 11.8 Å². The van der Waals surface area contributed by atoms with Gasteiger partial charge in [0.05, 0.1) is 36.8 Å². The number of amides is 4. The first-order chi connectivity index (χ1) is 43.8. The van der Waals surface area contributed by atoms with Gasteiger partial charge in [0.15, 0.2) is 10.5 Å². The predicted octanol–water partition coefficient (Wildman–Crippen LogP) is 9.74. The van der Waals surface area contributed by atoms with Crippen LogP contribution < -0.4 is 28.7 Å². The van der Waals surface area contributed by atoms with Crippen molar-refractivity contribution >= 4 is 78.3 Å². The van der Waals surface area contributed by atoms with Crippen molar-refractivity contribution in [2.75, 3.05) is 77.4 Å². The number of nitrogens with zero attached hydrogens (tertiary/aromatic N) is 4. The smallest absolute Gasteiger partial charge is 0.264 e. The van der Waals surface area contributed by atoms with E-state index in [1.807, 2.05) is 24.3 Å². The van der Waals surface area contributed by atoms with Crippen LogP contribution in [0.3, 0.4) is 0 Å². The van der Waals surface area contributed by atoms with E-state index in [2.05, 4.69) is 57.7 Å². The summed E-state index contributed by atoms with van der Waals surface area (Å²) >= 11 is 12.8. The fraction of sp³-hybridized carbons (Fsp3) is 0.486. The number of hydrogen-bond donors (Lipinski definition) is 4. The van der Waals surface area contributed by atoms with Gasteiger partial charge in [0.2, 0.25) is 31.9 Å². The second-order valence-electron chi connectivity index (χ2n) is 26.2. The molecule has 4 aliphatic carbocycles. The number of aliphatic hydroxyl groups excluding tert-OH is 2. The first-order valence-electron chi connectivity index (χ1n) is 31.8. The second-order valence-corrected chi connectivity index (χ2v) is 30.8. The molecule has 2 fully saturated rings. The van der Waals surface area contributed by atoms with Crippen molar-refractivity contribution in [3.63, 3.8) is 0 Å². The van der Waals surface area contributed by atoms with Crippen LogP contribution in [0.5, 0.6) is 11.5 Å². The predicted molar refractivity (Wildman–Crippen MR) is 362 cm³/mol. The zero-order valence-electron chi connectivity index (χ0n) is 53.2. The van der Waals surface area contributed by atoms with Gasteiger partial charge >= 0.3 is 0 Å². The number of fused-ring (bicyclic) bond motifs is 6. The summed E-state index contributed by atoms with van der Waals surface area (Å²) in [6, 6.07) is 22.0. The van der Waals surface area contributed by atoms with Crippen LogP contribution in [0.25, 0.3) is 0 Å². The maximum atomic E-state index is 13.5. The van der Waals surface area contributed by atoms with Gasteiger partial charge in [-0.15, -0.1) is 26.3 Å². The average Bonchev–Trinajstić information content (AvgIpc) is 1.66. The van der Waals surface area contributed by atoms with E-state index in [1.165, 1.54) is 60.2 Å². The molecule has 92 heavy (non-hydrogen) atoms. The van der Waals surface area contributed by atoms with Gasteiger partial charge in [-0.2, -0.15) is 0 Å². The van der Waals surface area contributed by atoms with E-state index in [1.54, 1.807) is 60.7 Å². The van der Waals surface area contributed by atoms with Crippen LogP contribution in [0.1, 0.15) is 120 Å². The van der Waals surface area contributed by atoms with Gasteiger partial charge in [-0.25, -0.2) is 26.3 Å². The third-order valence-electron chi connectivity index (χ3n) is 19.7. The number of aliphatic hydroxyl groups is 2. The van der Waals surface area contributed by atoms with E-state index in [0.717, 1.165) is 64.2 Å². The first kappa shape index (κ1) is 69.7. The molecule has 2 heterocycles. The quantitative estimate of drug-likeness (QED) is 0.0537. The highest BCUT2D eigenvalue weighted by Crippen LogP contribution is 2.49. The molecule has 2 spiro atoms. The largest absolute Gasteiger partial charge is 0.490 e. The molecule has 4 aromatic rings. The van der Waals surface area contributed by atoms with Gasteiger partial charge in [0, 0.05) is 86.4 Å². The monoisotopic (exact) mass is 1340 g/mol. The summed E-state index contributed by atoms with van der Waals surface area (Å²) < 4.78 is 70.7. The highest BCUT2D eigenvalue weighted by molar-refractivity contribution is 7.91. The number of allylic oxidation sites excluding steroid dienone is 2.